The lowest BCUT2D eigenvalue weighted by molar-refractivity contribution is 0.134. The summed E-state index contributed by atoms with van der Waals surface area (Å²) >= 11 is 8.35. The highest BCUT2D eigenvalue weighted by molar-refractivity contribution is 14.2. The van der Waals surface area contributed by atoms with Crippen molar-refractivity contribution in [2.75, 3.05) is 30.4 Å². The van der Waals surface area contributed by atoms with E-state index >= 15 is 0 Å². The highest BCUT2D eigenvalue weighted by Crippen LogP contribution is 2.35. The molecule has 1 fully saturated rings. The molecule has 2 aromatic rings. The fourth-order valence-electron chi connectivity index (χ4n) is 2.91. The molecule has 1 aliphatic rings. The summed E-state index contributed by atoms with van der Waals surface area (Å²) in [6.07, 6.45) is 0.870. The van der Waals surface area contributed by atoms with Crippen molar-refractivity contribution >= 4 is 52.9 Å². The number of hydrogen-bond acceptors (Lipinski definition) is 6. The maximum absolute atomic E-state index is 11.9. The maximum Gasteiger partial charge on any atom is 0.255 e. The number of anilines is 2. The number of ether oxygens (including phenoxy) is 1. The van der Waals surface area contributed by atoms with E-state index < -0.39 is 8.35 Å². The zero-order valence-electron chi connectivity index (χ0n) is 13.6. The molecule has 9 heteroatoms. The van der Waals surface area contributed by atoms with E-state index in [9.17, 15) is 4.55 Å². The molecule has 0 radical (unpaired) electrons. The van der Waals surface area contributed by atoms with Gasteiger partial charge in [-0.2, -0.15) is 4.98 Å². The van der Waals surface area contributed by atoms with Crippen LogP contribution in [-0.2, 0) is 13.1 Å². The summed E-state index contributed by atoms with van der Waals surface area (Å²) in [4.78, 5) is 11.4. The van der Waals surface area contributed by atoms with Crippen LogP contribution in [0, 0.1) is 6.92 Å². The van der Waals surface area contributed by atoms with E-state index in [2.05, 4.69) is 14.9 Å². The molecular weight excluding hydrogens is 475 g/mol. The monoisotopic (exact) mass is 492 g/mol. The first kappa shape index (κ1) is 19.0. The number of benzene rings is 1. The van der Waals surface area contributed by atoms with Gasteiger partial charge in [0.05, 0.1) is 21.0 Å². The third-order valence-corrected chi connectivity index (χ3v) is 6.50. The molecule has 2 N–H and O–H groups in total. The lowest BCUT2D eigenvalue weighted by atomic mass is 10.1. The van der Waals surface area contributed by atoms with Gasteiger partial charge in [-0.15, -0.1) is 0 Å². The summed E-state index contributed by atoms with van der Waals surface area (Å²) < 4.78 is 17.6. The predicted octanol–water partition coefficient (Wildman–Crippen LogP) is 3.45. The van der Waals surface area contributed by atoms with E-state index in [0.717, 1.165) is 34.9 Å². The van der Waals surface area contributed by atoms with Gasteiger partial charge in [0.25, 0.3) is 21.2 Å². The van der Waals surface area contributed by atoms with E-state index in [1.807, 2.05) is 40.3 Å². The Balaban J connectivity index is 2.05. The van der Waals surface area contributed by atoms with Crippen molar-refractivity contribution in [1.29, 1.82) is 0 Å². The van der Waals surface area contributed by atoms with Crippen LogP contribution >= 0.6 is 32.8 Å². The molecule has 25 heavy (non-hydrogen) atoms. The normalized spacial score (nSPS) is 19.5. The molecule has 0 aliphatic carbocycles. The van der Waals surface area contributed by atoms with Gasteiger partial charge in [0, 0.05) is 41.6 Å². The lowest BCUT2D eigenvalue weighted by Gasteiger charge is -2.31. The van der Waals surface area contributed by atoms with Crippen LogP contribution in [0.3, 0.4) is 0 Å². The van der Waals surface area contributed by atoms with Crippen LogP contribution in [0.15, 0.2) is 29.2 Å². The zero-order chi connectivity index (χ0) is 18.0. The molecule has 134 valence electrons. The zero-order valence-corrected chi connectivity index (χ0v) is 17.3. The van der Waals surface area contributed by atoms with Gasteiger partial charge in [0.1, 0.15) is 5.82 Å². The molecule has 1 aliphatic heterocycles. The second-order valence-corrected chi connectivity index (χ2v) is 9.50. The summed E-state index contributed by atoms with van der Waals surface area (Å²) in [5, 5.41) is 0.616. The SMILES string of the molecule is Cc1cc(N2CCCOC[C@H]2c2cc([S+]([O-])I)ccc2Cl)nc(N)n1. The Labute approximate surface area is 166 Å². The standard InChI is InChI=1S/C16H18ClIN4O2S/c1-10-7-15(21-16(19)20-10)22-5-2-6-24-9-14(22)12-8-11(25(18)23)3-4-13(12)17/h3-4,7-8,14H,2,5-6,9H2,1H3,(H2,19,20,21)/t14-,25?/m0/s1. The summed E-state index contributed by atoms with van der Waals surface area (Å²) in [5.74, 6) is 0.990. The Morgan fingerprint density at radius 3 is 2.92 bits per heavy atom. The van der Waals surface area contributed by atoms with Gasteiger partial charge in [0.15, 0.2) is 4.90 Å². The Kier molecular flexibility index (Phi) is 6.26. The van der Waals surface area contributed by atoms with Gasteiger partial charge in [-0.05, 0) is 25.5 Å². The molecule has 3 rings (SSSR count). The third kappa shape index (κ3) is 4.48. The first-order valence-electron chi connectivity index (χ1n) is 7.78. The maximum atomic E-state index is 11.9. The van der Waals surface area contributed by atoms with Crippen LogP contribution in [0.2, 0.25) is 5.02 Å². The average Bonchev–Trinajstić information content (AvgIpc) is 2.80. The molecule has 1 aromatic heterocycles. The van der Waals surface area contributed by atoms with Gasteiger partial charge < -0.3 is 19.9 Å². The molecule has 1 aromatic carbocycles. The number of nitrogen functional groups attached to an aromatic ring is 1. The highest BCUT2D eigenvalue weighted by atomic mass is 127. The van der Waals surface area contributed by atoms with E-state index in [-0.39, 0.29) is 12.0 Å². The van der Waals surface area contributed by atoms with Crippen molar-refractivity contribution in [1.82, 2.24) is 9.97 Å². The molecule has 0 bridgehead atoms. The molecule has 0 spiro atoms. The third-order valence-electron chi connectivity index (χ3n) is 4.00. The van der Waals surface area contributed by atoms with E-state index in [1.165, 1.54) is 0 Å². The second kappa shape index (κ2) is 8.26. The number of hydrogen-bond donors (Lipinski definition) is 1. The number of halogens is 2. The number of aryl methyl sites for hydroxylation is 1. The number of rotatable bonds is 3. The van der Waals surface area contributed by atoms with Gasteiger partial charge in [0.2, 0.25) is 5.95 Å². The largest absolute Gasteiger partial charge is 0.604 e. The van der Waals surface area contributed by atoms with E-state index in [4.69, 9.17) is 22.1 Å². The Morgan fingerprint density at radius 1 is 1.40 bits per heavy atom. The molecule has 0 amide bonds. The molecular formula is C16H18ClIN4O2S. The molecule has 6 nitrogen and oxygen atoms in total. The van der Waals surface area contributed by atoms with Gasteiger partial charge >= 0.3 is 0 Å². The Morgan fingerprint density at radius 2 is 2.20 bits per heavy atom. The molecule has 2 heterocycles. The number of nitrogens with two attached hydrogens (primary N) is 1. The van der Waals surface area contributed by atoms with Gasteiger partial charge in [-0.25, -0.2) is 4.98 Å². The minimum atomic E-state index is -1.11. The van der Waals surface area contributed by atoms with Crippen molar-refractivity contribution in [2.24, 2.45) is 0 Å². The van der Waals surface area contributed by atoms with Crippen molar-refractivity contribution in [3.05, 3.63) is 40.5 Å². The fraction of sp³-hybridized carbons (Fsp3) is 0.375. The predicted molar refractivity (Wildman–Crippen MR) is 109 cm³/mol. The summed E-state index contributed by atoms with van der Waals surface area (Å²) in [5.41, 5.74) is 7.52. The first-order chi connectivity index (χ1) is 12.0. The van der Waals surface area contributed by atoms with Crippen LogP contribution in [0.25, 0.3) is 0 Å². The van der Waals surface area contributed by atoms with Crippen LogP contribution in [0.1, 0.15) is 23.7 Å². The van der Waals surface area contributed by atoms with E-state index in [0.29, 0.717) is 18.2 Å². The summed E-state index contributed by atoms with van der Waals surface area (Å²) in [6.45, 7) is 3.79. The molecule has 2 atom stereocenters. The van der Waals surface area contributed by atoms with E-state index in [1.54, 1.807) is 12.1 Å². The van der Waals surface area contributed by atoms with Gasteiger partial charge in [-0.3, -0.25) is 0 Å². The number of aromatic nitrogens is 2. The summed E-state index contributed by atoms with van der Waals surface area (Å²) in [7, 11) is -1.11. The average molecular weight is 493 g/mol. The smallest absolute Gasteiger partial charge is 0.255 e. The van der Waals surface area contributed by atoms with Crippen molar-refractivity contribution in [3.8, 4) is 0 Å². The quantitative estimate of drug-likeness (QED) is 0.522. The minimum absolute atomic E-state index is 0.136. The van der Waals surface area contributed by atoms with Crippen LogP contribution in [0.4, 0.5) is 11.8 Å². The van der Waals surface area contributed by atoms with Crippen molar-refractivity contribution in [2.45, 2.75) is 24.3 Å². The summed E-state index contributed by atoms with van der Waals surface area (Å²) in [6, 6.07) is 7.22. The first-order valence-corrected chi connectivity index (χ1v) is 11.9. The van der Waals surface area contributed by atoms with Crippen molar-refractivity contribution < 1.29 is 9.29 Å². The highest BCUT2D eigenvalue weighted by Gasteiger charge is 2.28. The molecule has 1 saturated heterocycles. The lowest BCUT2D eigenvalue weighted by Crippen LogP contribution is -2.32. The van der Waals surface area contributed by atoms with Crippen LogP contribution < -0.4 is 10.6 Å². The van der Waals surface area contributed by atoms with Crippen molar-refractivity contribution in [3.63, 3.8) is 0 Å². The Bertz CT molecular complexity index is 745. The topological polar surface area (TPSA) is 87.3 Å². The van der Waals surface area contributed by atoms with Gasteiger partial charge in [-0.1, -0.05) is 11.6 Å². The minimum Gasteiger partial charge on any atom is -0.604 e. The second-order valence-electron chi connectivity index (χ2n) is 5.77. The molecule has 1 unspecified atom stereocenters. The van der Waals surface area contributed by atoms with Crippen LogP contribution in [0.5, 0.6) is 0 Å². The fourth-order valence-corrected chi connectivity index (χ4v) is 4.37. The van der Waals surface area contributed by atoms with Crippen LogP contribution in [-0.4, -0.2) is 34.3 Å². The number of nitrogens with zero attached hydrogens (tertiary/aromatic N) is 3. The Hall–Kier alpha value is -0.810. The molecule has 0 saturated carbocycles.